The van der Waals surface area contributed by atoms with Gasteiger partial charge < -0.3 is 10.0 Å². The first-order valence-electron chi connectivity index (χ1n) is 12.0. The SMILES string of the molecule is CCCCCCCCCCCCCCCCCC1=NC(C)(C)CN1C(C)O. The van der Waals surface area contributed by atoms with Gasteiger partial charge in [0, 0.05) is 13.0 Å². The van der Waals surface area contributed by atoms with Crippen LogP contribution in [0.15, 0.2) is 4.99 Å². The summed E-state index contributed by atoms with van der Waals surface area (Å²) in [6.45, 7) is 9.29. The number of rotatable bonds is 17. The number of aliphatic hydroxyl groups excluding tert-OH is 1. The smallest absolute Gasteiger partial charge is 0.125 e. The molecular formula is C24H48N2O. The zero-order chi connectivity index (χ0) is 20.0. The third-order valence-electron chi connectivity index (χ3n) is 5.78. The van der Waals surface area contributed by atoms with E-state index in [1.807, 2.05) is 6.92 Å². The van der Waals surface area contributed by atoms with Crippen molar-refractivity contribution in [3.8, 4) is 0 Å². The van der Waals surface area contributed by atoms with E-state index in [1.165, 1.54) is 96.3 Å². The maximum Gasteiger partial charge on any atom is 0.125 e. The average Bonchev–Trinajstić information content (AvgIpc) is 2.93. The Morgan fingerprint density at radius 2 is 1.22 bits per heavy atom. The van der Waals surface area contributed by atoms with Crippen LogP contribution in [0, 0.1) is 0 Å². The summed E-state index contributed by atoms with van der Waals surface area (Å²) >= 11 is 0. The predicted molar refractivity (Wildman–Crippen MR) is 119 cm³/mol. The van der Waals surface area contributed by atoms with Crippen LogP contribution in [0.4, 0.5) is 0 Å². The van der Waals surface area contributed by atoms with Crippen LogP contribution in [0.2, 0.25) is 0 Å². The van der Waals surface area contributed by atoms with Crippen molar-refractivity contribution in [1.29, 1.82) is 0 Å². The highest BCUT2D eigenvalue weighted by atomic mass is 16.3. The number of unbranched alkanes of at least 4 members (excludes halogenated alkanes) is 14. The first-order chi connectivity index (χ1) is 13.0. The normalized spacial score (nSPS) is 17.4. The third kappa shape index (κ3) is 11.8. The number of aliphatic hydroxyl groups is 1. The molecule has 160 valence electrons. The van der Waals surface area contributed by atoms with Gasteiger partial charge in [-0.1, -0.05) is 96.8 Å². The van der Waals surface area contributed by atoms with Gasteiger partial charge in [-0.05, 0) is 27.2 Å². The highest BCUT2D eigenvalue weighted by Gasteiger charge is 2.32. The summed E-state index contributed by atoms with van der Waals surface area (Å²) in [4.78, 5) is 6.88. The molecule has 0 spiro atoms. The molecule has 0 aromatic carbocycles. The third-order valence-corrected chi connectivity index (χ3v) is 5.78. The van der Waals surface area contributed by atoms with E-state index >= 15 is 0 Å². The zero-order valence-corrected chi connectivity index (χ0v) is 18.9. The molecule has 27 heavy (non-hydrogen) atoms. The van der Waals surface area contributed by atoms with Gasteiger partial charge in [-0.3, -0.25) is 4.99 Å². The van der Waals surface area contributed by atoms with E-state index in [0.29, 0.717) is 0 Å². The van der Waals surface area contributed by atoms with Crippen LogP contribution in [-0.2, 0) is 0 Å². The van der Waals surface area contributed by atoms with E-state index in [2.05, 4.69) is 25.7 Å². The lowest BCUT2D eigenvalue weighted by molar-refractivity contribution is 0.0681. The number of hydrogen-bond acceptors (Lipinski definition) is 3. The first kappa shape index (κ1) is 24.5. The molecule has 3 heteroatoms. The number of nitrogens with zero attached hydrogens (tertiary/aromatic N) is 2. The van der Waals surface area contributed by atoms with Gasteiger partial charge in [-0.15, -0.1) is 0 Å². The molecule has 0 aliphatic carbocycles. The molecule has 0 amide bonds. The van der Waals surface area contributed by atoms with E-state index in [1.54, 1.807) is 0 Å². The standard InChI is InChI=1S/C24H48N2O/c1-5-6-7-8-9-10-11-12-13-14-15-16-17-18-19-20-23-25-24(3,4)21-26(23)22(2)27/h22,27H,5-21H2,1-4H3. The molecule has 1 N–H and O–H groups in total. The van der Waals surface area contributed by atoms with Crippen LogP contribution < -0.4 is 0 Å². The number of aliphatic imine (C=N–C) groups is 1. The average molecular weight is 381 g/mol. The van der Waals surface area contributed by atoms with Crippen LogP contribution in [0.25, 0.3) is 0 Å². The molecule has 0 saturated heterocycles. The van der Waals surface area contributed by atoms with Gasteiger partial charge in [0.25, 0.3) is 0 Å². The van der Waals surface area contributed by atoms with Gasteiger partial charge in [0.1, 0.15) is 12.1 Å². The highest BCUT2D eigenvalue weighted by molar-refractivity contribution is 5.84. The molecular weight excluding hydrogens is 332 g/mol. The minimum atomic E-state index is -0.415. The molecule has 0 fully saturated rings. The van der Waals surface area contributed by atoms with Crippen LogP contribution >= 0.6 is 0 Å². The maximum absolute atomic E-state index is 9.93. The Morgan fingerprint density at radius 1 is 0.815 bits per heavy atom. The van der Waals surface area contributed by atoms with Crippen LogP contribution in [0.3, 0.4) is 0 Å². The van der Waals surface area contributed by atoms with Crippen LogP contribution in [0.5, 0.6) is 0 Å². The molecule has 3 nitrogen and oxygen atoms in total. The second-order valence-electron chi connectivity index (χ2n) is 9.30. The highest BCUT2D eigenvalue weighted by Crippen LogP contribution is 2.24. The summed E-state index contributed by atoms with van der Waals surface area (Å²) in [5.74, 6) is 1.12. The Bertz CT molecular complexity index is 390. The van der Waals surface area contributed by atoms with Crippen LogP contribution in [-0.4, -0.2) is 34.2 Å². The molecule has 1 aliphatic heterocycles. The van der Waals surface area contributed by atoms with E-state index in [0.717, 1.165) is 18.8 Å². The van der Waals surface area contributed by atoms with E-state index in [9.17, 15) is 5.11 Å². The summed E-state index contributed by atoms with van der Waals surface area (Å²) in [6, 6.07) is 0. The van der Waals surface area contributed by atoms with Crippen LogP contribution in [0.1, 0.15) is 130 Å². The van der Waals surface area contributed by atoms with Crippen molar-refractivity contribution < 1.29 is 5.11 Å². The van der Waals surface area contributed by atoms with Crippen molar-refractivity contribution in [3.05, 3.63) is 0 Å². The summed E-state index contributed by atoms with van der Waals surface area (Å²) in [7, 11) is 0. The van der Waals surface area contributed by atoms with E-state index in [4.69, 9.17) is 4.99 Å². The minimum absolute atomic E-state index is 0.0399. The van der Waals surface area contributed by atoms with Gasteiger partial charge >= 0.3 is 0 Å². The molecule has 0 bridgehead atoms. The van der Waals surface area contributed by atoms with E-state index < -0.39 is 6.23 Å². The van der Waals surface area contributed by atoms with Gasteiger partial charge in [0.05, 0.1) is 5.54 Å². The number of amidine groups is 1. The Balaban J connectivity index is 1.89. The Kier molecular flexibility index (Phi) is 13.1. The molecule has 1 rings (SSSR count). The van der Waals surface area contributed by atoms with Gasteiger partial charge in [0.15, 0.2) is 0 Å². The fourth-order valence-corrected chi connectivity index (χ4v) is 4.16. The van der Waals surface area contributed by atoms with Crippen molar-refractivity contribution in [2.45, 2.75) is 142 Å². The summed E-state index contributed by atoms with van der Waals surface area (Å²) in [5.41, 5.74) is -0.0399. The van der Waals surface area contributed by atoms with Gasteiger partial charge in [-0.25, -0.2) is 0 Å². The largest absolute Gasteiger partial charge is 0.374 e. The molecule has 0 radical (unpaired) electrons. The van der Waals surface area contributed by atoms with Crippen molar-refractivity contribution >= 4 is 5.84 Å². The minimum Gasteiger partial charge on any atom is -0.374 e. The monoisotopic (exact) mass is 380 g/mol. The predicted octanol–water partition coefficient (Wildman–Crippen LogP) is 7.08. The summed E-state index contributed by atoms with van der Waals surface area (Å²) in [6.07, 6.45) is 21.6. The van der Waals surface area contributed by atoms with Crippen molar-refractivity contribution in [1.82, 2.24) is 4.90 Å². The maximum atomic E-state index is 9.93. The summed E-state index contributed by atoms with van der Waals surface area (Å²) < 4.78 is 0. The van der Waals surface area contributed by atoms with Crippen molar-refractivity contribution in [2.24, 2.45) is 4.99 Å². The Labute approximate surface area is 170 Å². The molecule has 1 unspecified atom stereocenters. The lowest BCUT2D eigenvalue weighted by Crippen LogP contribution is -2.39. The lowest BCUT2D eigenvalue weighted by atomic mass is 10.0. The van der Waals surface area contributed by atoms with Crippen molar-refractivity contribution in [3.63, 3.8) is 0 Å². The molecule has 0 saturated carbocycles. The first-order valence-corrected chi connectivity index (χ1v) is 12.0. The quantitative estimate of drug-likeness (QED) is 0.274. The van der Waals surface area contributed by atoms with E-state index in [-0.39, 0.29) is 5.54 Å². The Morgan fingerprint density at radius 3 is 1.63 bits per heavy atom. The zero-order valence-electron chi connectivity index (χ0n) is 18.9. The van der Waals surface area contributed by atoms with Gasteiger partial charge in [-0.2, -0.15) is 0 Å². The summed E-state index contributed by atoms with van der Waals surface area (Å²) in [5, 5.41) is 9.93. The Hall–Kier alpha value is -0.570. The number of hydrogen-bond donors (Lipinski definition) is 1. The molecule has 1 aliphatic rings. The van der Waals surface area contributed by atoms with Gasteiger partial charge in [0.2, 0.25) is 0 Å². The fourth-order valence-electron chi connectivity index (χ4n) is 4.16. The molecule has 1 heterocycles. The molecule has 0 aromatic heterocycles. The topological polar surface area (TPSA) is 35.8 Å². The fraction of sp³-hybridized carbons (Fsp3) is 0.958. The second-order valence-corrected chi connectivity index (χ2v) is 9.30. The van der Waals surface area contributed by atoms with Crippen molar-refractivity contribution in [2.75, 3.05) is 6.54 Å². The molecule has 1 atom stereocenters. The second kappa shape index (κ2) is 14.4. The lowest BCUT2D eigenvalue weighted by Gasteiger charge is -2.25. The molecule has 0 aromatic rings.